The van der Waals surface area contributed by atoms with Gasteiger partial charge in [0.1, 0.15) is 12.3 Å². The zero-order valence-corrected chi connectivity index (χ0v) is 13.5. The number of hydrogen-bond donors (Lipinski definition) is 1. The molecule has 0 aliphatic rings. The van der Waals surface area contributed by atoms with Crippen molar-refractivity contribution >= 4 is 33.2 Å². The molecule has 1 N–H and O–H groups in total. The molecule has 2 aromatic rings. The van der Waals surface area contributed by atoms with Crippen LogP contribution >= 0.6 is 15.9 Å². The summed E-state index contributed by atoms with van der Waals surface area (Å²) in [5, 5.41) is 17.6. The minimum absolute atomic E-state index is 0.00253. The number of benzene rings is 1. The predicted octanol–water partition coefficient (Wildman–Crippen LogP) is 2.51. The molecule has 116 valence electrons. The molecule has 9 heteroatoms. The molecule has 0 radical (unpaired) electrons. The second-order valence-electron chi connectivity index (χ2n) is 4.49. The van der Waals surface area contributed by atoms with Gasteiger partial charge in [0, 0.05) is 18.3 Å². The molecule has 0 saturated carbocycles. The lowest BCUT2D eigenvalue weighted by Crippen LogP contribution is -2.19. The highest BCUT2D eigenvalue weighted by atomic mass is 79.9. The summed E-state index contributed by atoms with van der Waals surface area (Å²) in [6.45, 7) is 1.81. The van der Waals surface area contributed by atoms with Gasteiger partial charge in [-0.25, -0.2) is 0 Å². The summed E-state index contributed by atoms with van der Waals surface area (Å²) in [7, 11) is 1.40. The fourth-order valence-electron chi connectivity index (χ4n) is 1.80. The predicted molar refractivity (Wildman–Crippen MR) is 82.9 cm³/mol. The van der Waals surface area contributed by atoms with Crippen molar-refractivity contribution in [2.45, 2.75) is 13.5 Å². The Balaban J connectivity index is 2.13. The summed E-state index contributed by atoms with van der Waals surface area (Å²) in [4.78, 5) is 22.3. The molecule has 0 aliphatic carbocycles. The van der Waals surface area contributed by atoms with Crippen LogP contribution in [-0.2, 0) is 11.3 Å². The molecule has 1 aromatic carbocycles. The average molecular weight is 369 g/mol. The van der Waals surface area contributed by atoms with Gasteiger partial charge >= 0.3 is 0 Å². The molecule has 22 heavy (non-hydrogen) atoms. The normalized spacial score (nSPS) is 10.3. The summed E-state index contributed by atoms with van der Waals surface area (Å²) in [6.07, 6.45) is 1.68. The maximum atomic E-state index is 12.0. The molecule has 1 heterocycles. The number of rotatable bonds is 5. The van der Waals surface area contributed by atoms with E-state index in [1.807, 2.05) is 6.92 Å². The number of nitrogens with zero attached hydrogens (tertiary/aromatic N) is 3. The smallest absolute Gasteiger partial charge is 0.275 e. The Morgan fingerprint density at radius 1 is 1.50 bits per heavy atom. The number of amides is 1. The third-order valence-corrected chi connectivity index (χ3v) is 3.59. The number of aromatic nitrogens is 2. The van der Waals surface area contributed by atoms with Crippen LogP contribution in [0.3, 0.4) is 0 Å². The highest BCUT2D eigenvalue weighted by molar-refractivity contribution is 9.10. The number of methoxy groups -OCH3 is 1. The number of hydrogen-bond acceptors (Lipinski definition) is 5. The third kappa shape index (κ3) is 3.82. The van der Waals surface area contributed by atoms with Crippen molar-refractivity contribution in [3.05, 3.63) is 44.7 Å². The number of ether oxygens (including phenoxy) is 1. The van der Waals surface area contributed by atoms with E-state index < -0.39 is 4.92 Å². The van der Waals surface area contributed by atoms with Gasteiger partial charge in [-0.2, -0.15) is 5.10 Å². The van der Waals surface area contributed by atoms with Crippen molar-refractivity contribution < 1.29 is 14.5 Å². The van der Waals surface area contributed by atoms with Crippen molar-refractivity contribution in [2.75, 3.05) is 12.4 Å². The Morgan fingerprint density at radius 3 is 2.77 bits per heavy atom. The van der Waals surface area contributed by atoms with Crippen LogP contribution in [0.1, 0.15) is 5.69 Å². The van der Waals surface area contributed by atoms with Gasteiger partial charge in [0.25, 0.3) is 5.69 Å². The molecular formula is C13H13BrN4O4. The summed E-state index contributed by atoms with van der Waals surface area (Å²) in [6, 6.07) is 4.06. The van der Waals surface area contributed by atoms with E-state index in [1.165, 1.54) is 30.0 Å². The SMILES string of the molecule is COc1cc(NC(=O)Cn2cc(Br)c(C)n2)cc([N+](=O)[O-])c1. The van der Waals surface area contributed by atoms with Crippen molar-refractivity contribution in [1.82, 2.24) is 9.78 Å². The van der Waals surface area contributed by atoms with Gasteiger partial charge in [-0.15, -0.1) is 0 Å². The number of aryl methyl sites for hydroxylation is 1. The Bertz CT molecular complexity index is 709. The monoisotopic (exact) mass is 368 g/mol. The lowest BCUT2D eigenvalue weighted by molar-refractivity contribution is -0.384. The van der Waals surface area contributed by atoms with E-state index in [0.29, 0.717) is 11.4 Å². The van der Waals surface area contributed by atoms with Crippen LogP contribution < -0.4 is 10.1 Å². The quantitative estimate of drug-likeness (QED) is 0.645. The van der Waals surface area contributed by atoms with E-state index in [4.69, 9.17) is 4.74 Å². The van der Waals surface area contributed by atoms with E-state index >= 15 is 0 Å². The molecule has 1 aromatic heterocycles. The van der Waals surface area contributed by atoms with Crippen LogP contribution in [0.25, 0.3) is 0 Å². The van der Waals surface area contributed by atoms with E-state index in [9.17, 15) is 14.9 Å². The lowest BCUT2D eigenvalue weighted by Gasteiger charge is -2.07. The van der Waals surface area contributed by atoms with Gasteiger partial charge < -0.3 is 10.1 Å². The van der Waals surface area contributed by atoms with Gasteiger partial charge in [0.15, 0.2) is 0 Å². The Kier molecular flexibility index (Phi) is 4.76. The number of carbonyl (C=O) groups is 1. The second-order valence-corrected chi connectivity index (χ2v) is 5.34. The molecule has 8 nitrogen and oxygen atoms in total. The van der Waals surface area contributed by atoms with E-state index in [-0.39, 0.29) is 18.1 Å². The van der Waals surface area contributed by atoms with Crippen molar-refractivity contribution in [3.63, 3.8) is 0 Å². The van der Waals surface area contributed by atoms with Crippen molar-refractivity contribution in [3.8, 4) is 5.75 Å². The molecule has 0 fully saturated rings. The maximum Gasteiger partial charge on any atom is 0.275 e. The number of halogens is 1. The zero-order chi connectivity index (χ0) is 16.3. The number of nitro groups is 1. The molecular weight excluding hydrogens is 356 g/mol. The van der Waals surface area contributed by atoms with E-state index in [2.05, 4.69) is 26.3 Å². The van der Waals surface area contributed by atoms with Gasteiger partial charge in [-0.05, 0) is 22.9 Å². The molecule has 0 spiro atoms. The van der Waals surface area contributed by atoms with Crippen LogP contribution in [0.4, 0.5) is 11.4 Å². The first-order valence-corrected chi connectivity index (χ1v) is 7.01. The molecule has 0 atom stereocenters. The summed E-state index contributed by atoms with van der Waals surface area (Å²) in [5.74, 6) is -0.0558. The maximum absolute atomic E-state index is 12.0. The number of nitro benzene ring substituents is 1. The van der Waals surface area contributed by atoms with Crippen LogP contribution in [0.15, 0.2) is 28.9 Å². The fraction of sp³-hybridized carbons (Fsp3) is 0.231. The second kappa shape index (κ2) is 6.56. The van der Waals surface area contributed by atoms with Crippen molar-refractivity contribution in [1.29, 1.82) is 0 Å². The molecule has 0 saturated heterocycles. The van der Waals surface area contributed by atoms with Crippen LogP contribution in [0.2, 0.25) is 0 Å². The van der Waals surface area contributed by atoms with Gasteiger partial charge in [0.05, 0.1) is 34.0 Å². The zero-order valence-electron chi connectivity index (χ0n) is 11.9. The summed E-state index contributed by atoms with van der Waals surface area (Å²) >= 11 is 3.31. The lowest BCUT2D eigenvalue weighted by atomic mass is 10.2. The topological polar surface area (TPSA) is 99.3 Å². The molecule has 0 bridgehead atoms. The number of carbonyl (C=O) groups excluding carboxylic acids is 1. The van der Waals surface area contributed by atoms with Crippen LogP contribution in [0.5, 0.6) is 5.75 Å². The molecule has 0 unspecified atom stereocenters. The van der Waals surface area contributed by atoms with Crippen LogP contribution in [0, 0.1) is 17.0 Å². The van der Waals surface area contributed by atoms with Gasteiger partial charge in [-0.3, -0.25) is 19.6 Å². The van der Waals surface area contributed by atoms with Gasteiger partial charge in [0.2, 0.25) is 5.91 Å². The highest BCUT2D eigenvalue weighted by Crippen LogP contribution is 2.25. The minimum Gasteiger partial charge on any atom is -0.496 e. The standard InChI is InChI=1S/C13H13BrN4O4/c1-8-12(14)6-17(16-8)7-13(19)15-9-3-10(18(20)21)5-11(4-9)22-2/h3-6H,7H2,1-2H3,(H,15,19). The first-order chi connectivity index (χ1) is 10.4. The molecule has 1 amide bonds. The Hall–Kier alpha value is -2.42. The first-order valence-electron chi connectivity index (χ1n) is 6.22. The van der Waals surface area contributed by atoms with E-state index in [1.54, 1.807) is 6.20 Å². The third-order valence-electron chi connectivity index (χ3n) is 2.81. The number of anilines is 1. The number of nitrogens with one attached hydrogen (secondary N) is 1. The van der Waals surface area contributed by atoms with Crippen molar-refractivity contribution in [2.24, 2.45) is 0 Å². The van der Waals surface area contributed by atoms with Gasteiger partial charge in [-0.1, -0.05) is 0 Å². The Morgan fingerprint density at radius 2 is 2.23 bits per heavy atom. The molecule has 2 rings (SSSR count). The Labute approximate surface area is 134 Å². The average Bonchev–Trinajstić information content (AvgIpc) is 2.76. The van der Waals surface area contributed by atoms with Crippen LogP contribution in [-0.4, -0.2) is 27.7 Å². The largest absolute Gasteiger partial charge is 0.496 e. The summed E-state index contributed by atoms with van der Waals surface area (Å²) in [5.41, 5.74) is 0.899. The molecule has 0 aliphatic heterocycles. The minimum atomic E-state index is -0.549. The van der Waals surface area contributed by atoms with E-state index in [0.717, 1.165) is 10.2 Å². The first kappa shape index (κ1) is 16.0. The number of non-ortho nitro benzene ring substituents is 1. The highest BCUT2D eigenvalue weighted by Gasteiger charge is 2.13. The fourth-order valence-corrected chi connectivity index (χ4v) is 2.12. The summed E-state index contributed by atoms with van der Waals surface area (Å²) < 4.78 is 7.26.